The lowest BCUT2D eigenvalue weighted by Crippen LogP contribution is -1.96. The van der Waals surface area contributed by atoms with Crippen molar-refractivity contribution in [2.75, 3.05) is 7.11 Å². The molecule has 0 spiro atoms. The fourth-order valence-corrected chi connectivity index (χ4v) is 2.38. The van der Waals surface area contributed by atoms with E-state index in [9.17, 15) is 0 Å². The first kappa shape index (κ1) is 14.6. The molecule has 0 aliphatic rings. The van der Waals surface area contributed by atoms with Gasteiger partial charge in [-0.25, -0.2) is 0 Å². The molecule has 0 amide bonds. The second-order valence-electron chi connectivity index (χ2n) is 5.90. The number of para-hydroxylation sites is 1. The summed E-state index contributed by atoms with van der Waals surface area (Å²) in [5.41, 5.74) is 5.19. The van der Waals surface area contributed by atoms with E-state index in [0.717, 1.165) is 5.75 Å². The average Bonchev–Trinajstić information content (AvgIpc) is 2.46. The minimum absolute atomic E-state index is 0.530. The highest BCUT2D eigenvalue weighted by molar-refractivity contribution is 5.72. The SMILES string of the molecule is COc1ccccc1-c1cc(C(C)C)cc(C(C)C)c1. The van der Waals surface area contributed by atoms with Crippen molar-refractivity contribution in [2.24, 2.45) is 0 Å². The summed E-state index contributed by atoms with van der Waals surface area (Å²) in [6, 6.07) is 15.1. The Labute approximate surface area is 122 Å². The van der Waals surface area contributed by atoms with Gasteiger partial charge in [0.25, 0.3) is 0 Å². The van der Waals surface area contributed by atoms with Gasteiger partial charge in [-0.05, 0) is 34.6 Å². The molecule has 2 aromatic carbocycles. The van der Waals surface area contributed by atoms with Gasteiger partial charge in [0.05, 0.1) is 7.11 Å². The molecule has 0 saturated heterocycles. The fraction of sp³-hybridized carbons (Fsp3) is 0.368. The minimum Gasteiger partial charge on any atom is -0.496 e. The molecule has 20 heavy (non-hydrogen) atoms. The van der Waals surface area contributed by atoms with Crippen molar-refractivity contribution in [1.82, 2.24) is 0 Å². The molecular weight excluding hydrogens is 244 g/mol. The summed E-state index contributed by atoms with van der Waals surface area (Å²) in [5.74, 6) is 1.99. The molecule has 0 heterocycles. The van der Waals surface area contributed by atoms with Crippen molar-refractivity contribution in [3.05, 3.63) is 53.6 Å². The maximum absolute atomic E-state index is 5.50. The molecule has 0 fully saturated rings. The second-order valence-corrected chi connectivity index (χ2v) is 5.90. The van der Waals surface area contributed by atoms with Crippen LogP contribution in [0.5, 0.6) is 5.75 Å². The third-order valence-electron chi connectivity index (χ3n) is 3.73. The average molecular weight is 268 g/mol. The maximum Gasteiger partial charge on any atom is 0.126 e. The first-order valence-corrected chi connectivity index (χ1v) is 7.31. The molecule has 0 saturated carbocycles. The van der Waals surface area contributed by atoms with Crippen LogP contribution in [0.4, 0.5) is 0 Å². The number of ether oxygens (including phenoxy) is 1. The van der Waals surface area contributed by atoms with E-state index < -0.39 is 0 Å². The Morgan fingerprint density at radius 3 is 1.85 bits per heavy atom. The predicted octanol–water partition coefficient (Wildman–Crippen LogP) is 5.61. The molecule has 0 atom stereocenters. The lowest BCUT2D eigenvalue weighted by Gasteiger charge is -2.16. The number of hydrogen-bond donors (Lipinski definition) is 0. The predicted molar refractivity (Wildman–Crippen MR) is 86.6 cm³/mol. The van der Waals surface area contributed by atoms with Crippen LogP contribution in [-0.4, -0.2) is 7.11 Å². The Bertz CT molecular complexity index is 556. The van der Waals surface area contributed by atoms with Gasteiger partial charge < -0.3 is 4.74 Å². The van der Waals surface area contributed by atoms with E-state index in [1.165, 1.54) is 22.3 Å². The minimum atomic E-state index is 0.530. The van der Waals surface area contributed by atoms with E-state index >= 15 is 0 Å². The highest BCUT2D eigenvalue weighted by Crippen LogP contribution is 2.34. The maximum atomic E-state index is 5.50. The molecule has 0 bridgehead atoms. The number of methoxy groups -OCH3 is 1. The van der Waals surface area contributed by atoms with Crippen molar-refractivity contribution in [3.63, 3.8) is 0 Å². The zero-order valence-corrected chi connectivity index (χ0v) is 13.1. The third kappa shape index (κ3) is 3.04. The summed E-state index contributed by atoms with van der Waals surface area (Å²) in [5, 5.41) is 0. The van der Waals surface area contributed by atoms with Crippen molar-refractivity contribution in [1.29, 1.82) is 0 Å². The van der Waals surface area contributed by atoms with E-state index in [2.05, 4.69) is 58.0 Å². The van der Waals surface area contributed by atoms with Gasteiger partial charge in [-0.15, -0.1) is 0 Å². The van der Waals surface area contributed by atoms with Crippen molar-refractivity contribution < 1.29 is 4.74 Å². The third-order valence-corrected chi connectivity index (χ3v) is 3.73. The summed E-state index contributed by atoms with van der Waals surface area (Å²) < 4.78 is 5.50. The van der Waals surface area contributed by atoms with Crippen LogP contribution in [0.15, 0.2) is 42.5 Å². The summed E-state index contributed by atoms with van der Waals surface area (Å²) in [6.45, 7) is 8.97. The number of benzene rings is 2. The van der Waals surface area contributed by atoms with Crippen molar-refractivity contribution >= 4 is 0 Å². The Balaban J connectivity index is 2.61. The van der Waals surface area contributed by atoms with Crippen LogP contribution in [0.25, 0.3) is 11.1 Å². The summed E-state index contributed by atoms with van der Waals surface area (Å²) >= 11 is 0. The first-order valence-electron chi connectivity index (χ1n) is 7.31. The van der Waals surface area contributed by atoms with Gasteiger partial charge in [-0.2, -0.15) is 0 Å². The zero-order chi connectivity index (χ0) is 14.7. The molecular formula is C19H24O. The number of rotatable bonds is 4. The molecule has 106 valence electrons. The lowest BCUT2D eigenvalue weighted by atomic mass is 9.90. The van der Waals surface area contributed by atoms with E-state index in [0.29, 0.717) is 11.8 Å². The smallest absolute Gasteiger partial charge is 0.126 e. The van der Waals surface area contributed by atoms with Crippen molar-refractivity contribution in [2.45, 2.75) is 39.5 Å². The van der Waals surface area contributed by atoms with Crippen LogP contribution >= 0.6 is 0 Å². The van der Waals surface area contributed by atoms with Gasteiger partial charge in [-0.3, -0.25) is 0 Å². The van der Waals surface area contributed by atoms with E-state index in [1.54, 1.807) is 7.11 Å². The van der Waals surface area contributed by atoms with E-state index in [1.807, 2.05) is 12.1 Å². The van der Waals surface area contributed by atoms with Gasteiger partial charge in [-0.1, -0.05) is 64.1 Å². The molecule has 0 unspecified atom stereocenters. The standard InChI is InChI=1S/C19H24O/c1-13(2)15-10-16(14(3)4)12-17(11-15)18-8-6-7-9-19(18)20-5/h6-14H,1-5H3. The van der Waals surface area contributed by atoms with Gasteiger partial charge in [0.15, 0.2) is 0 Å². The fourth-order valence-electron chi connectivity index (χ4n) is 2.38. The van der Waals surface area contributed by atoms with E-state index in [4.69, 9.17) is 4.74 Å². The highest BCUT2D eigenvalue weighted by Gasteiger charge is 2.11. The molecule has 2 rings (SSSR count). The topological polar surface area (TPSA) is 9.23 Å². The van der Waals surface area contributed by atoms with Gasteiger partial charge >= 0.3 is 0 Å². The normalized spacial score (nSPS) is 11.2. The molecule has 0 radical (unpaired) electrons. The van der Waals surface area contributed by atoms with Gasteiger partial charge in [0, 0.05) is 5.56 Å². The largest absolute Gasteiger partial charge is 0.496 e. The zero-order valence-electron chi connectivity index (χ0n) is 13.1. The van der Waals surface area contributed by atoms with Crippen LogP contribution in [0.3, 0.4) is 0 Å². The van der Waals surface area contributed by atoms with Crippen molar-refractivity contribution in [3.8, 4) is 16.9 Å². The van der Waals surface area contributed by atoms with Crippen LogP contribution in [-0.2, 0) is 0 Å². The van der Waals surface area contributed by atoms with Crippen LogP contribution < -0.4 is 4.74 Å². The molecule has 0 aromatic heterocycles. The van der Waals surface area contributed by atoms with Crippen LogP contribution in [0.2, 0.25) is 0 Å². The Kier molecular flexibility index (Phi) is 4.49. The molecule has 0 aliphatic carbocycles. The number of hydrogen-bond acceptors (Lipinski definition) is 1. The lowest BCUT2D eigenvalue weighted by molar-refractivity contribution is 0.416. The van der Waals surface area contributed by atoms with Gasteiger partial charge in [0.2, 0.25) is 0 Å². The quantitative estimate of drug-likeness (QED) is 0.700. The van der Waals surface area contributed by atoms with Gasteiger partial charge in [0.1, 0.15) is 5.75 Å². The highest BCUT2D eigenvalue weighted by atomic mass is 16.5. The summed E-state index contributed by atoms with van der Waals surface area (Å²) in [6.07, 6.45) is 0. The summed E-state index contributed by atoms with van der Waals surface area (Å²) in [7, 11) is 1.73. The van der Waals surface area contributed by atoms with E-state index in [-0.39, 0.29) is 0 Å². The molecule has 1 nitrogen and oxygen atoms in total. The molecule has 1 heteroatoms. The Morgan fingerprint density at radius 1 is 0.800 bits per heavy atom. The first-order chi connectivity index (χ1) is 9.52. The van der Waals surface area contributed by atoms with Crippen LogP contribution in [0, 0.1) is 0 Å². The summed E-state index contributed by atoms with van der Waals surface area (Å²) in [4.78, 5) is 0. The Morgan fingerprint density at radius 2 is 1.35 bits per heavy atom. The van der Waals surface area contributed by atoms with Crippen LogP contribution in [0.1, 0.15) is 50.7 Å². The molecule has 0 aliphatic heterocycles. The molecule has 0 N–H and O–H groups in total. The molecule has 2 aromatic rings. The Hall–Kier alpha value is -1.76. The monoisotopic (exact) mass is 268 g/mol. The second kappa shape index (κ2) is 6.13.